The van der Waals surface area contributed by atoms with Crippen molar-refractivity contribution < 1.29 is 12.6 Å². The van der Waals surface area contributed by atoms with E-state index >= 15 is 0 Å². The second kappa shape index (κ2) is 3.28. The van der Waals surface area contributed by atoms with E-state index in [9.17, 15) is 12.6 Å². The molecule has 0 fully saturated rings. The van der Waals surface area contributed by atoms with Gasteiger partial charge in [-0.05, 0) is 0 Å². The molecule has 0 radical (unpaired) electrons. The molecule has 0 aliphatic heterocycles. The van der Waals surface area contributed by atoms with Gasteiger partial charge in [0.1, 0.15) is 9.84 Å². The highest BCUT2D eigenvalue weighted by Crippen LogP contribution is 1.81. The second-order valence-corrected chi connectivity index (χ2v) is 5.14. The van der Waals surface area contributed by atoms with Crippen LogP contribution in [0, 0.1) is 0 Å². The van der Waals surface area contributed by atoms with E-state index in [1.54, 1.807) is 0 Å². The summed E-state index contributed by atoms with van der Waals surface area (Å²) in [5.74, 6) is -0.0745. The van der Waals surface area contributed by atoms with Crippen molar-refractivity contribution in [2.24, 2.45) is 5.14 Å². The van der Waals surface area contributed by atoms with Crippen LogP contribution in [0.3, 0.4) is 0 Å². The van der Waals surface area contributed by atoms with Gasteiger partial charge in [-0.1, -0.05) is 0 Å². The lowest BCUT2D eigenvalue weighted by Gasteiger charge is -1.92. The maximum absolute atomic E-state index is 10.3. The summed E-state index contributed by atoms with van der Waals surface area (Å²) in [5, 5.41) is 4.81. The Bertz CT molecular complexity index is 195. The molecule has 0 amide bonds. The van der Waals surface area contributed by atoms with Gasteiger partial charge in [-0.25, -0.2) is 12.6 Å². The molecule has 0 aromatic rings. The number of hydrogen-bond acceptors (Lipinski definition) is 3. The van der Waals surface area contributed by atoms with Crippen molar-refractivity contribution in [2.75, 3.05) is 17.8 Å². The van der Waals surface area contributed by atoms with Gasteiger partial charge >= 0.3 is 0 Å². The summed E-state index contributed by atoms with van der Waals surface area (Å²) in [6.45, 7) is 0. The molecule has 2 N–H and O–H groups in total. The molecule has 0 spiro atoms. The summed E-state index contributed by atoms with van der Waals surface area (Å²) in [6, 6.07) is 0. The Balaban J connectivity index is 3.67. The molecule has 1 unspecified atom stereocenters. The fourth-order valence-electron chi connectivity index (χ4n) is 0.234. The Hall–Kier alpha value is 0.0600. The highest BCUT2D eigenvalue weighted by molar-refractivity contribution is 7.92. The maximum atomic E-state index is 10.3. The first kappa shape index (κ1) is 9.06. The van der Waals surface area contributed by atoms with E-state index in [2.05, 4.69) is 0 Å². The van der Waals surface area contributed by atoms with Crippen molar-refractivity contribution in [3.63, 3.8) is 0 Å². The largest absolute Gasteiger partial charge is 0.252 e. The molecule has 0 aliphatic rings. The Kier molecular flexibility index (Phi) is 3.31. The average molecular weight is 171 g/mol. The van der Waals surface area contributed by atoms with Gasteiger partial charge in [0, 0.05) is 6.26 Å². The molecule has 0 bridgehead atoms. The third-order valence-corrected chi connectivity index (χ3v) is 2.47. The predicted molar refractivity (Wildman–Crippen MR) is 36.9 cm³/mol. The molecule has 6 heteroatoms. The normalized spacial score (nSPS) is 15.3. The Labute approximate surface area is 56.9 Å². The predicted octanol–water partition coefficient (Wildman–Crippen LogP) is -1.35. The highest BCUT2D eigenvalue weighted by atomic mass is 32.2. The Morgan fingerprint density at radius 1 is 1.56 bits per heavy atom. The molecular formula is C3H9NO3S2. The summed E-state index contributed by atoms with van der Waals surface area (Å²) in [4.78, 5) is 0. The monoisotopic (exact) mass is 171 g/mol. The fourth-order valence-corrected chi connectivity index (χ4v) is 2.10. The van der Waals surface area contributed by atoms with Crippen LogP contribution in [-0.4, -0.2) is 30.4 Å². The summed E-state index contributed by atoms with van der Waals surface area (Å²) in [7, 11) is -4.48. The van der Waals surface area contributed by atoms with Crippen LogP contribution in [0.1, 0.15) is 0 Å². The molecular weight excluding hydrogens is 162 g/mol. The van der Waals surface area contributed by atoms with Crippen LogP contribution in [-0.2, 0) is 20.8 Å². The lowest BCUT2D eigenvalue weighted by atomic mass is 11.0. The zero-order valence-corrected chi connectivity index (χ0v) is 6.67. The maximum Gasteiger partial charge on any atom is 0.148 e. The van der Waals surface area contributed by atoms with Gasteiger partial charge < -0.3 is 0 Å². The van der Waals surface area contributed by atoms with Crippen LogP contribution in [0.2, 0.25) is 0 Å². The van der Waals surface area contributed by atoms with Crippen molar-refractivity contribution in [2.45, 2.75) is 0 Å². The van der Waals surface area contributed by atoms with E-state index < -0.39 is 20.8 Å². The van der Waals surface area contributed by atoms with Crippen LogP contribution < -0.4 is 5.14 Å². The van der Waals surface area contributed by atoms with Crippen molar-refractivity contribution in [3.8, 4) is 0 Å². The fraction of sp³-hybridized carbons (Fsp3) is 1.00. The summed E-state index contributed by atoms with van der Waals surface area (Å²) in [5.41, 5.74) is 0. The van der Waals surface area contributed by atoms with E-state index in [1.807, 2.05) is 0 Å². The molecule has 0 aliphatic carbocycles. The van der Waals surface area contributed by atoms with Crippen LogP contribution in [0.5, 0.6) is 0 Å². The minimum absolute atomic E-state index is 0.0266. The average Bonchev–Trinajstić information content (AvgIpc) is 1.59. The molecule has 0 rings (SSSR count). The van der Waals surface area contributed by atoms with Crippen LogP contribution in [0.15, 0.2) is 0 Å². The molecule has 4 nitrogen and oxygen atoms in total. The van der Waals surface area contributed by atoms with Crippen molar-refractivity contribution in [1.82, 2.24) is 0 Å². The lowest BCUT2D eigenvalue weighted by molar-refractivity contribution is 0.602. The number of sulfone groups is 1. The van der Waals surface area contributed by atoms with Crippen LogP contribution >= 0.6 is 0 Å². The SMILES string of the molecule is CS(=O)(=O)CCS(N)=O. The highest BCUT2D eigenvalue weighted by Gasteiger charge is 2.02. The first-order valence-electron chi connectivity index (χ1n) is 2.22. The molecule has 0 aromatic carbocycles. The molecule has 0 saturated heterocycles. The first-order chi connectivity index (χ1) is 3.92. The van der Waals surface area contributed by atoms with E-state index in [0.29, 0.717) is 0 Å². The Morgan fingerprint density at radius 2 is 2.00 bits per heavy atom. The van der Waals surface area contributed by atoms with E-state index in [4.69, 9.17) is 5.14 Å². The number of hydrogen-bond donors (Lipinski definition) is 1. The quantitative estimate of drug-likeness (QED) is 0.570. The Morgan fingerprint density at radius 3 is 2.11 bits per heavy atom. The van der Waals surface area contributed by atoms with Crippen molar-refractivity contribution in [1.29, 1.82) is 0 Å². The smallest absolute Gasteiger partial charge is 0.148 e. The topological polar surface area (TPSA) is 77.2 Å². The van der Waals surface area contributed by atoms with Gasteiger partial charge in [-0.2, -0.15) is 0 Å². The number of nitrogens with two attached hydrogens (primary N) is 1. The molecule has 0 heterocycles. The number of rotatable bonds is 3. The van der Waals surface area contributed by atoms with Gasteiger partial charge in [-0.15, -0.1) is 0 Å². The van der Waals surface area contributed by atoms with Gasteiger partial charge in [0.15, 0.2) is 0 Å². The zero-order chi connectivity index (χ0) is 7.49. The van der Waals surface area contributed by atoms with E-state index in [-0.39, 0.29) is 11.5 Å². The van der Waals surface area contributed by atoms with Crippen LogP contribution in [0.25, 0.3) is 0 Å². The van der Waals surface area contributed by atoms with Gasteiger partial charge in [0.2, 0.25) is 0 Å². The summed E-state index contributed by atoms with van der Waals surface area (Å²) >= 11 is 0. The summed E-state index contributed by atoms with van der Waals surface area (Å²) in [6.07, 6.45) is 1.08. The molecule has 0 aromatic heterocycles. The minimum atomic E-state index is -2.99. The van der Waals surface area contributed by atoms with Gasteiger partial charge in [0.05, 0.1) is 22.5 Å². The molecule has 0 saturated carbocycles. The van der Waals surface area contributed by atoms with Crippen LogP contribution in [0.4, 0.5) is 0 Å². The van der Waals surface area contributed by atoms with Gasteiger partial charge in [-0.3, -0.25) is 5.14 Å². The summed E-state index contributed by atoms with van der Waals surface area (Å²) < 4.78 is 30.8. The lowest BCUT2D eigenvalue weighted by Crippen LogP contribution is -2.16. The van der Waals surface area contributed by atoms with E-state index in [0.717, 1.165) is 6.26 Å². The van der Waals surface area contributed by atoms with Gasteiger partial charge in [0.25, 0.3) is 0 Å². The molecule has 9 heavy (non-hydrogen) atoms. The van der Waals surface area contributed by atoms with Crippen molar-refractivity contribution >= 4 is 20.8 Å². The first-order valence-corrected chi connectivity index (χ1v) is 5.66. The van der Waals surface area contributed by atoms with Crippen molar-refractivity contribution in [3.05, 3.63) is 0 Å². The molecule has 1 atom stereocenters. The third-order valence-electron chi connectivity index (χ3n) is 0.655. The minimum Gasteiger partial charge on any atom is -0.252 e. The standard InChI is InChI=1S/C3H9NO3S2/c1-9(6,7)3-2-8(4)5/h2-4H2,1H3. The van der Waals surface area contributed by atoms with E-state index in [1.165, 1.54) is 0 Å². The molecule has 56 valence electrons. The third kappa shape index (κ3) is 8.06. The zero-order valence-electron chi connectivity index (χ0n) is 5.03. The second-order valence-electron chi connectivity index (χ2n) is 1.71.